The maximum Gasteiger partial charge on any atom is 0.261 e. The lowest BCUT2D eigenvalue weighted by Gasteiger charge is -2.08. The Hall–Kier alpha value is -2.15. The number of halogens is 2. The van der Waals surface area contributed by atoms with Gasteiger partial charge in [-0.15, -0.1) is 0 Å². The Bertz CT molecular complexity index is 699. The third-order valence-electron chi connectivity index (χ3n) is 2.32. The standard InChI is InChI=1S/C12H9F2NO3S/c13-11-6-5-10(7-12(11)14)19(17,18)15-8-1-3-9(16)4-2-8/h1-7,15-16H. The number of sulfonamides is 1. The van der Waals surface area contributed by atoms with Crippen LogP contribution in [0.15, 0.2) is 47.4 Å². The second-order valence-corrected chi connectivity index (χ2v) is 5.41. The molecule has 0 unspecified atom stereocenters. The number of phenols is 1. The molecule has 19 heavy (non-hydrogen) atoms. The molecule has 0 aliphatic rings. The van der Waals surface area contributed by atoms with Crippen molar-refractivity contribution in [1.29, 1.82) is 0 Å². The average molecular weight is 285 g/mol. The van der Waals surface area contributed by atoms with Crippen LogP contribution in [-0.2, 0) is 10.0 Å². The fraction of sp³-hybridized carbons (Fsp3) is 0. The van der Waals surface area contributed by atoms with Crippen molar-refractivity contribution in [3.05, 3.63) is 54.1 Å². The highest BCUT2D eigenvalue weighted by Gasteiger charge is 2.16. The first-order chi connectivity index (χ1) is 8.88. The minimum absolute atomic E-state index is 0.0178. The summed E-state index contributed by atoms with van der Waals surface area (Å²) in [6.45, 7) is 0. The molecule has 2 N–H and O–H groups in total. The molecular weight excluding hydrogens is 276 g/mol. The van der Waals surface area contributed by atoms with E-state index in [-0.39, 0.29) is 16.3 Å². The SMILES string of the molecule is O=S(=O)(Nc1ccc(O)cc1)c1ccc(F)c(F)c1. The van der Waals surface area contributed by atoms with Crippen molar-refractivity contribution in [1.82, 2.24) is 0 Å². The number of aromatic hydroxyl groups is 1. The average Bonchev–Trinajstić information content (AvgIpc) is 2.35. The summed E-state index contributed by atoms with van der Waals surface area (Å²) in [6, 6.07) is 7.56. The molecule has 0 aromatic heterocycles. The summed E-state index contributed by atoms with van der Waals surface area (Å²) in [5, 5.41) is 9.07. The second kappa shape index (κ2) is 4.85. The molecule has 2 rings (SSSR count). The van der Waals surface area contributed by atoms with Crippen molar-refractivity contribution in [3.63, 3.8) is 0 Å². The normalized spacial score (nSPS) is 11.3. The van der Waals surface area contributed by atoms with Crippen molar-refractivity contribution in [2.45, 2.75) is 4.90 Å². The quantitative estimate of drug-likeness (QED) is 0.851. The summed E-state index contributed by atoms with van der Waals surface area (Å²) in [7, 11) is -4.00. The monoisotopic (exact) mass is 285 g/mol. The van der Waals surface area contributed by atoms with E-state index in [9.17, 15) is 17.2 Å². The minimum Gasteiger partial charge on any atom is -0.508 e. The van der Waals surface area contributed by atoms with Gasteiger partial charge in [-0.2, -0.15) is 0 Å². The highest BCUT2D eigenvalue weighted by atomic mass is 32.2. The van der Waals surface area contributed by atoms with Gasteiger partial charge in [0.1, 0.15) is 5.75 Å². The molecule has 0 saturated carbocycles. The van der Waals surface area contributed by atoms with E-state index < -0.39 is 21.7 Å². The highest BCUT2D eigenvalue weighted by Crippen LogP contribution is 2.19. The van der Waals surface area contributed by atoms with Crippen LogP contribution in [0.1, 0.15) is 0 Å². The van der Waals surface area contributed by atoms with Gasteiger partial charge in [-0.3, -0.25) is 4.72 Å². The molecule has 2 aromatic carbocycles. The van der Waals surface area contributed by atoms with Crippen LogP contribution in [0.5, 0.6) is 5.75 Å². The molecule has 0 radical (unpaired) electrons. The molecule has 0 fully saturated rings. The summed E-state index contributed by atoms with van der Waals surface area (Å²) < 4.78 is 51.7. The Balaban J connectivity index is 2.32. The van der Waals surface area contributed by atoms with Gasteiger partial charge >= 0.3 is 0 Å². The Morgan fingerprint density at radius 1 is 0.947 bits per heavy atom. The lowest BCUT2D eigenvalue weighted by molar-refractivity contribution is 0.475. The van der Waals surface area contributed by atoms with Crippen molar-refractivity contribution < 1.29 is 22.3 Å². The number of hydrogen-bond acceptors (Lipinski definition) is 3. The zero-order valence-electron chi connectivity index (χ0n) is 9.47. The van der Waals surface area contributed by atoms with E-state index in [1.54, 1.807) is 0 Å². The summed E-state index contributed by atoms with van der Waals surface area (Å²) in [5.41, 5.74) is 0.197. The maximum atomic E-state index is 13.0. The van der Waals surface area contributed by atoms with Gasteiger partial charge in [0.2, 0.25) is 0 Å². The number of rotatable bonds is 3. The summed E-state index contributed by atoms with van der Waals surface area (Å²) >= 11 is 0. The van der Waals surface area contributed by atoms with Crippen LogP contribution >= 0.6 is 0 Å². The van der Waals surface area contributed by atoms with Gasteiger partial charge in [0, 0.05) is 5.69 Å². The molecule has 0 amide bonds. The molecule has 0 saturated heterocycles. The highest BCUT2D eigenvalue weighted by molar-refractivity contribution is 7.92. The van der Waals surface area contributed by atoms with Crippen LogP contribution in [0, 0.1) is 11.6 Å². The molecule has 0 bridgehead atoms. The van der Waals surface area contributed by atoms with Crippen molar-refractivity contribution >= 4 is 15.7 Å². The van der Waals surface area contributed by atoms with Crippen LogP contribution in [0.4, 0.5) is 14.5 Å². The molecular formula is C12H9F2NO3S. The minimum atomic E-state index is -4.00. The van der Waals surface area contributed by atoms with E-state index in [2.05, 4.69) is 4.72 Å². The number of nitrogens with one attached hydrogen (secondary N) is 1. The predicted molar refractivity (Wildman–Crippen MR) is 65.3 cm³/mol. The number of benzene rings is 2. The predicted octanol–water partition coefficient (Wildman–Crippen LogP) is 2.47. The first-order valence-corrected chi connectivity index (χ1v) is 6.64. The number of hydrogen-bond donors (Lipinski definition) is 2. The summed E-state index contributed by atoms with van der Waals surface area (Å²) in [6.07, 6.45) is 0. The fourth-order valence-corrected chi connectivity index (χ4v) is 2.46. The van der Waals surface area contributed by atoms with E-state index in [0.29, 0.717) is 6.07 Å². The number of anilines is 1. The third kappa shape index (κ3) is 3.00. The molecule has 0 aliphatic heterocycles. The summed E-state index contributed by atoms with van der Waals surface area (Å²) in [5.74, 6) is -2.38. The summed E-state index contributed by atoms with van der Waals surface area (Å²) in [4.78, 5) is -0.389. The number of phenolic OH excluding ortho intramolecular Hbond substituents is 1. The van der Waals surface area contributed by atoms with Crippen LogP contribution < -0.4 is 4.72 Å². The smallest absolute Gasteiger partial charge is 0.261 e. The van der Waals surface area contributed by atoms with Crippen LogP contribution in [0.25, 0.3) is 0 Å². The van der Waals surface area contributed by atoms with Crippen LogP contribution in [0.2, 0.25) is 0 Å². The zero-order chi connectivity index (χ0) is 14.0. The maximum absolute atomic E-state index is 13.0. The Labute approximate surface area is 108 Å². The Morgan fingerprint density at radius 2 is 1.58 bits per heavy atom. The lowest BCUT2D eigenvalue weighted by atomic mass is 10.3. The topological polar surface area (TPSA) is 66.4 Å². The zero-order valence-corrected chi connectivity index (χ0v) is 10.3. The van der Waals surface area contributed by atoms with Crippen molar-refractivity contribution in [2.24, 2.45) is 0 Å². The van der Waals surface area contributed by atoms with Gasteiger partial charge < -0.3 is 5.11 Å². The van der Waals surface area contributed by atoms with Gasteiger partial charge in [-0.25, -0.2) is 17.2 Å². The van der Waals surface area contributed by atoms with Crippen molar-refractivity contribution in [2.75, 3.05) is 4.72 Å². The lowest BCUT2D eigenvalue weighted by Crippen LogP contribution is -2.13. The van der Waals surface area contributed by atoms with E-state index in [0.717, 1.165) is 12.1 Å². The van der Waals surface area contributed by atoms with E-state index in [1.165, 1.54) is 24.3 Å². The Kier molecular flexibility index (Phi) is 3.39. The first-order valence-electron chi connectivity index (χ1n) is 5.15. The molecule has 0 aliphatic carbocycles. The molecule has 0 atom stereocenters. The molecule has 100 valence electrons. The molecule has 4 nitrogen and oxygen atoms in total. The molecule has 2 aromatic rings. The van der Waals surface area contributed by atoms with E-state index in [4.69, 9.17) is 5.11 Å². The molecule has 0 heterocycles. The second-order valence-electron chi connectivity index (χ2n) is 3.73. The van der Waals surface area contributed by atoms with Gasteiger partial charge in [-0.1, -0.05) is 0 Å². The largest absolute Gasteiger partial charge is 0.508 e. The molecule has 7 heteroatoms. The van der Waals surface area contributed by atoms with Gasteiger partial charge in [0.05, 0.1) is 4.90 Å². The van der Waals surface area contributed by atoms with Gasteiger partial charge in [-0.05, 0) is 42.5 Å². The van der Waals surface area contributed by atoms with E-state index >= 15 is 0 Å². The van der Waals surface area contributed by atoms with Gasteiger partial charge in [0.25, 0.3) is 10.0 Å². The third-order valence-corrected chi connectivity index (χ3v) is 3.70. The van der Waals surface area contributed by atoms with Crippen LogP contribution in [0.3, 0.4) is 0 Å². The Morgan fingerprint density at radius 3 is 2.16 bits per heavy atom. The van der Waals surface area contributed by atoms with Crippen molar-refractivity contribution in [3.8, 4) is 5.75 Å². The fourth-order valence-electron chi connectivity index (χ4n) is 1.39. The van der Waals surface area contributed by atoms with E-state index in [1.807, 2.05) is 0 Å². The van der Waals surface area contributed by atoms with Gasteiger partial charge in [0.15, 0.2) is 11.6 Å². The molecule has 0 spiro atoms. The van der Waals surface area contributed by atoms with Crippen LogP contribution in [-0.4, -0.2) is 13.5 Å². The first kappa shape index (κ1) is 13.3.